The van der Waals surface area contributed by atoms with Crippen LogP contribution in [-0.4, -0.2) is 47.4 Å². The molecule has 5 heteroatoms. The maximum absolute atomic E-state index is 12.8. The van der Waals surface area contributed by atoms with Crippen LogP contribution >= 0.6 is 0 Å². The average molecular weight is 348 g/mol. The zero-order valence-corrected chi connectivity index (χ0v) is 15.3. The summed E-state index contributed by atoms with van der Waals surface area (Å²) < 4.78 is 2.13. The third kappa shape index (κ3) is 3.05. The number of anilines is 1. The van der Waals surface area contributed by atoms with E-state index in [1.807, 2.05) is 55.4 Å². The van der Waals surface area contributed by atoms with Gasteiger partial charge in [0.25, 0.3) is 5.91 Å². The molecule has 1 saturated heterocycles. The molecule has 2 aromatic heterocycles. The van der Waals surface area contributed by atoms with Gasteiger partial charge in [0.2, 0.25) is 0 Å². The topological polar surface area (TPSA) is 40.9 Å². The number of piperidine rings is 1. The molecule has 5 nitrogen and oxygen atoms in total. The summed E-state index contributed by atoms with van der Waals surface area (Å²) in [6.07, 6.45) is 6.24. The zero-order chi connectivity index (χ0) is 18.1. The molecule has 134 valence electrons. The van der Waals surface area contributed by atoms with Gasteiger partial charge in [-0.05, 0) is 37.1 Å². The van der Waals surface area contributed by atoms with Gasteiger partial charge in [0.05, 0.1) is 11.2 Å². The number of aromatic nitrogens is 2. The molecule has 0 saturated carbocycles. The van der Waals surface area contributed by atoms with Crippen LogP contribution in [0.1, 0.15) is 34.8 Å². The number of hydrogen-bond acceptors (Lipinski definition) is 3. The van der Waals surface area contributed by atoms with E-state index in [1.165, 1.54) is 0 Å². The van der Waals surface area contributed by atoms with Gasteiger partial charge in [-0.3, -0.25) is 4.79 Å². The Morgan fingerprint density at radius 1 is 1.15 bits per heavy atom. The number of hydrogen-bond donors (Lipinski definition) is 0. The maximum Gasteiger partial charge on any atom is 0.253 e. The first-order chi connectivity index (χ1) is 12.6. The molecule has 0 aliphatic carbocycles. The molecule has 1 unspecified atom stereocenters. The fourth-order valence-corrected chi connectivity index (χ4v) is 3.74. The quantitative estimate of drug-likeness (QED) is 0.728. The molecule has 1 amide bonds. The second-order valence-corrected chi connectivity index (χ2v) is 7.14. The molecule has 1 atom stereocenters. The van der Waals surface area contributed by atoms with E-state index >= 15 is 0 Å². The third-order valence-corrected chi connectivity index (χ3v) is 5.09. The average Bonchev–Trinajstić information content (AvgIpc) is 3.16. The van der Waals surface area contributed by atoms with Gasteiger partial charge in [-0.1, -0.05) is 18.2 Å². The van der Waals surface area contributed by atoms with Crippen molar-refractivity contribution in [3.63, 3.8) is 0 Å². The van der Waals surface area contributed by atoms with Crippen LogP contribution in [0.25, 0.3) is 5.52 Å². The molecule has 3 heterocycles. The van der Waals surface area contributed by atoms with Crippen molar-refractivity contribution >= 4 is 17.2 Å². The molecule has 0 N–H and O–H groups in total. The van der Waals surface area contributed by atoms with E-state index in [2.05, 4.69) is 27.8 Å². The van der Waals surface area contributed by atoms with E-state index in [1.54, 1.807) is 0 Å². The van der Waals surface area contributed by atoms with Gasteiger partial charge in [0.15, 0.2) is 5.82 Å². The summed E-state index contributed by atoms with van der Waals surface area (Å²) in [6, 6.07) is 13.7. The highest BCUT2D eigenvalue weighted by Crippen LogP contribution is 2.29. The summed E-state index contributed by atoms with van der Waals surface area (Å²) in [7, 11) is 4.04. The number of carbonyl (C=O) groups excluding carboxylic acids is 1. The first-order valence-electron chi connectivity index (χ1n) is 9.13. The second kappa shape index (κ2) is 6.83. The fourth-order valence-electron chi connectivity index (χ4n) is 3.74. The summed E-state index contributed by atoms with van der Waals surface area (Å²) in [4.78, 5) is 21.8. The summed E-state index contributed by atoms with van der Waals surface area (Å²) >= 11 is 0. The number of nitrogens with zero attached hydrogens (tertiary/aromatic N) is 4. The largest absolute Gasteiger partial charge is 0.361 e. The van der Waals surface area contributed by atoms with Crippen LogP contribution in [-0.2, 0) is 0 Å². The predicted molar refractivity (Wildman–Crippen MR) is 104 cm³/mol. The lowest BCUT2D eigenvalue weighted by Gasteiger charge is -2.33. The fraction of sp³-hybridized carbons (Fsp3) is 0.333. The van der Waals surface area contributed by atoms with Gasteiger partial charge < -0.3 is 14.2 Å². The molecule has 1 aliphatic rings. The minimum absolute atomic E-state index is 0.116. The standard InChI is InChI=1S/C21H24N4O/c1-23(2)20-19-11-7-12-24(19)15-18(22-20)17-10-6-13-25(14-17)21(26)16-8-4-3-5-9-16/h3-5,7-9,11-12,15,17H,6,10,13-14H2,1-2H3. The van der Waals surface area contributed by atoms with E-state index in [-0.39, 0.29) is 11.8 Å². The molecule has 1 aliphatic heterocycles. The highest BCUT2D eigenvalue weighted by molar-refractivity contribution is 5.94. The predicted octanol–water partition coefficient (Wildman–Crippen LogP) is 3.42. The van der Waals surface area contributed by atoms with Gasteiger partial charge in [-0.25, -0.2) is 4.98 Å². The smallest absolute Gasteiger partial charge is 0.253 e. The monoisotopic (exact) mass is 348 g/mol. The van der Waals surface area contributed by atoms with Crippen LogP contribution in [0.4, 0.5) is 5.82 Å². The first kappa shape index (κ1) is 16.6. The van der Waals surface area contributed by atoms with Crippen molar-refractivity contribution in [1.29, 1.82) is 0 Å². The Morgan fingerprint density at radius 3 is 2.73 bits per heavy atom. The summed E-state index contributed by atoms with van der Waals surface area (Å²) in [5.41, 5.74) is 2.92. The molecule has 3 aromatic rings. The van der Waals surface area contributed by atoms with E-state index in [0.717, 1.165) is 48.5 Å². The van der Waals surface area contributed by atoms with Crippen molar-refractivity contribution < 1.29 is 4.79 Å². The van der Waals surface area contributed by atoms with Crippen LogP contribution in [0.3, 0.4) is 0 Å². The van der Waals surface area contributed by atoms with Gasteiger partial charge >= 0.3 is 0 Å². The molecule has 1 aromatic carbocycles. The molecule has 0 bridgehead atoms. The van der Waals surface area contributed by atoms with E-state index in [0.29, 0.717) is 0 Å². The highest BCUT2D eigenvalue weighted by Gasteiger charge is 2.27. The van der Waals surface area contributed by atoms with Crippen molar-refractivity contribution in [2.75, 3.05) is 32.1 Å². The molecule has 0 spiro atoms. The molecule has 0 radical (unpaired) electrons. The van der Waals surface area contributed by atoms with Crippen LogP contribution in [0, 0.1) is 0 Å². The number of benzene rings is 1. The normalized spacial score (nSPS) is 17.5. The van der Waals surface area contributed by atoms with Gasteiger partial charge in [0, 0.05) is 51.1 Å². The molecular weight excluding hydrogens is 324 g/mol. The van der Waals surface area contributed by atoms with Crippen molar-refractivity contribution in [2.45, 2.75) is 18.8 Å². The number of carbonyl (C=O) groups is 1. The summed E-state index contributed by atoms with van der Waals surface area (Å²) in [5, 5.41) is 0. The lowest BCUT2D eigenvalue weighted by atomic mass is 9.94. The van der Waals surface area contributed by atoms with Crippen LogP contribution in [0.15, 0.2) is 54.9 Å². The van der Waals surface area contributed by atoms with Crippen LogP contribution in [0.5, 0.6) is 0 Å². The van der Waals surface area contributed by atoms with E-state index in [4.69, 9.17) is 4.98 Å². The minimum atomic E-state index is 0.116. The maximum atomic E-state index is 12.8. The molecular formula is C21H24N4O. The van der Waals surface area contributed by atoms with E-state index < -0.39 is 0 Å². The Morgan fingerprint density at radius 2 is 1.96 bits per heavy atom. The van der Waals surface area contributed by atoms with Gasteiger partial charge in [-0.2, -0.15) is 0 Å². The number of likely N-dealkylation sites (tertiary alicyclic amines) is 1. The Labute approximate surface area is 153 Å². The Kier molecular flexibility index (Phi) is 4.37. The third-order valence-electron chi connectivity index (χ3n) is 5.09. The summed E-state index contributed by atoms with van der Waals surface area (Å²) in [5.74, 6) is 1.35. The first-order valence-corrected chi connectivity index (χ1v) is 9.13. The lowest BCUT2D eigenvalue weighted by molar-refractivity contribution is 0.0706. The van der Waals surface area contributed by atoms with Crippen molar-refractivity contribution in [2.24, 2.45) is 0 Å². The molecule has 26 heavy (non-hydrogen) atoms. The second-order valence-electron chi connectivity index (χ2n) is 7.14. The van der Waals surface area contributed by atoms with Crippen molar-refractivity contribution in [1.82, 2.24) is 14.3 Å². The van der Waals surface area contributed by atoms with Crippen molar-refractivity contribution in [3.05, 3.63) is 66.1 Å². The highest BCUT2D eigenvalue weighted by atomic mass is 16.2. The summed E-state index contributed by atoms with van der Waals surface area (Å²) in [6.45, 7) is 1.54. The van der Waals surface area contributed by atoms with E-state index in [9.17, 15) is 4.79 Å². The minimum Gasteiger partial charge on any atom is -0.361 e. The number of fused-ring (bicyclic) bond motifs is 1. The lowest BCUT2D eigenvalue weighted by Crippen LogP contribution is -2.39. The SMILES string of the molecule is CN(C)c1nc(C2CCCN(C(=O)c3ccccc3)C2)cn2cccc12. The Hall–Kier alpha value is -2.82. The van der Waals surface area contributed by atoms with Gasteiger partial charge in [0.1, 0.15) is 0 Å². The van der Waals surface area contributed by atoms with Crippen LogP contribution in [0.2, 0.25) is 0 Å². The van der Waals surface area contributed by atoms with Crippen LogP contribution < -0.4 is 4.90 Å². The van der Waals surface area contributed by atoms with Crippen molar-refractivity contribution in [3.8, 4) is 0 Å². The van der Waals surface area contributed by atoms with Gasteiger partial charge in [-0.15, -0.1) is 0 Å². The molecule has 4 rings (SSSR count). The Balaban J connectivity index is 1.62. The Bertz CT molecular complexity index is 916. The number of amides is 1. The zero-order valence-electron chi connectivity index (χ0n) is 15.3. The number of rotatable bonds is 3. The molecule has 1 fully saturated rings.